The second-order valence-corrected chi connectivity index (χ2v) is 6.21. The molecule has 1 aromatic heterocycles. The Kier molecular flexibility index (Phi) is 5.30. The van der Waals surface area contributed by atoms with Crippen molar-refractivity contribution in [2.75, 3.05) is 0 Å². The van der Waals surface area contributed by atoms with Crippen molar-refractivity contribution in [3.8, 4) is 0 Å². The molecular weight excluding hydrogens is 268 g/mol. The summed E-state index contributed by atoms with van der Waals surface area (Å²) < 4.78 is 0. The summed E-state index contributed by atoms with van der Waals surface area (Å²) in [7, 11) is 0. The summed E-state index contributed by atoms with van der Waals surface area (Å²) in [6.07, 6.45) is 3.12. The van der Waals surface area contributed by atoms with Crippen LogP contribution in [0.5, 0.6) is 0 Å². The van der Waals surface area contributed by atoms with E-state index < -0.39 is 0 Å². The maximum atomic E-state index is 12.2. The highest BCUT2D eigenvalue weighted by atomic mass is 32.1. The van der Waals surface area contributed by atoms with Crippen molar-refractivity contribution >= 4 is 17.2 Å². The Labute approximate surface area is 124 Å². The molecule has 0 aliphatic carbocycles. The number of carbonyl (C=O) groups is 1. The summed E-state index contributed by atoms with van der Waals surface area (Å²) in [4.78, 5) is 16.5. The van der Waals surface area contributed by atoms with Crippen molar-refractivity contribution in [1.29, 1.82) is 0 Å². The Morgan fingerprint density at radius 1 is 1.30 bits per heavy atom. The van der Waals surface area contributed by atoms with Crippen LogP contribution in [0.3, 0.4) is 0 Å². The molecule has 1 heterocycles. The number of benzene rings is 1. The molecule has 1 aromatic carbocycles. The van der Waals surface area contributed by atoms with Crippen LogP contribution in [0.15, 0.2) is 41.9 Å². The van der Waals surface area contributed by atoms with Gasteiger partial charge in [0.15, 0.2) is 0 Å². The molecule has 4 heteroatoms. The summed E-state index contributed by atoms with van der Waals surface area (Å²) in [6.45, 7) is 4.31. The highest BCUT2D eigenvalue weighted by Crippen LogP contribution is 2.23. The molecule has 0 saturated carbocycles. The van der Waals surface area contributed by atoms with Crippen LogP contribution in [0.2, 0.25) is 0 Å². The zero-order valence-electron chi connectivity index (χ0n) is 11.9. The van der Waals surface area contributed by atoms with Gasteiger partial charge in [-0.05, 0) is 17.9 Å². The number of hydrogen-bond donors (Lipinski definition) is 1. The average molecular weight is 288 g/mol. The van der Waals surface area contributed by atoms with E-state index in [1.54, 1.807) is 17.5 Å². The third kappa shape index (κ3) is 4.46. The number of nitrogens with one attached hydrogen (secondary N) is 1. The quantitative estimate of drug-likeness (QED) is 0.882. The first-order valence-electron chi connectivity index (χ1n) is 6.88. The van der Waals surface area contributed by atoms with Crippen LogP contribution in [-0.4, -0.2) is 10.9 Å². The van der Waals surface area contributed by atoms with Gasteiger partial charge >= 0.3 is 0 Å². The molecule has 1 unspecified atom stereocenters. The van der Waals surface area contributed by atoms with Crippen LogP contribution >= 0.6 is 11.3 Å². The van der Waals surface area contributed by atoms with E-state index in [1.807, 2.05) is 35.7 Å². The third-order valence-corrected chi connectivity index (χ3v) is 3.89. The lowest BCUT2D eigenvalue weighted by Crippen LogP contribution is -2.30. The monoisotopic (exact) mass is 288 g/mol. The van der Waals surface area contributed by atoms with Gasteiger partial charge in [-0.15, -0.1) is 11.3 Å². The van der Waals surface area contributed by atoms with Gasteiger partial charge in [0.2, 0.25) is 5.91 Å². The number of rotatable bonds is 6. The zero-order valence-corrected chi connectivity index (χ0v) is 12.7. The van der Waals surface area contributed by atoms with Crippen LogP contribution in [-0.2, 0) is 11.2 Å². The van der Waals surface area contributed by atoms with Crippen LogP contribution < -0.4 is 5.32 Å². The second kappa shape index (κ2) is 7.20. The van der Waals surface area contributed by atoms with Gasteiger partial charge in [-0.2, -0.15) is 0 Å². The first kappa shape index (κ1) is 14.7. The third-order valence-electron chi connectivity index (χ3n) is 3.00. The maximum Gasteiger partial charge on any atom is 0.224 e. The van der Waals surface area contributed by atoms with Crippen molar-refractivity contribution < 1.29 is 4.79 Å². The molecule has 3 nitrogen and oxygen atoms in total. The van der Waals surface area contributed by atoms with Crippen molar-refractivity contribution in [3.63, 3.8) is 0 Å². The molecule has 106 valence electrons. The molecule has 2 aromatic rings. The van der Waals surface area contributed by atoms with E-state index >= 15 is 0 Å². The zero-order chi connectivity index (χ0) is 14.4. The predicted octanol–water partition coefficient (Wildman–Crippen LogP) is 3.59. The molecule has 0 fully saturated rings. The molecule has 0 bridgehead atoms. The van der Waals surface area contributed by atoms with Crippen LogP contribution in [0.1, 0.15) is 36.9 Å². The first-order valence-corrected chi connectivity index (χ1v) is 7.76. The predicted molar refractivity (Wildman–Crippen MR) is 82.6 cm³/mol. The van der Waals surface area contributed by atoms with E-state index in [1.165, 1.54) is 0 Å². The van der Waals surface area contributed by atoms with Crippen molar-refractivity contribution in [2.24, 2.45) is 5.92 Å². The summed E-state index contributed by atoms with van der Waals surface area (Å²) in [5.41, 5.74) is 1.03. The van der Waals surface area contributed by atoms with Crippen molar-refractivity contribution in [2.45, 2.75) is 32.7 Å². The van der Waals surface area contributed by atoms with Gasteiger partial charge in [0.25, 0.3) is 0 Å². The molecule has 0 radical (unpaired) electrons. The highest BCUT2D eigenvalue weighted by molar-refractivity contribution is 7.09. The van der Waals surface area contributed by atoms with E-state index in [0.717, 1.165) is 17.0 Å². The van der Waals surface area contributed by atoms with E-state index in [-0.39, 0.29) is 11.9 Å². The Bertz CT molecular complexity index is 523. The molecule has 1 atom stereocenters. The van der Waals surface area contributed by atoms with Gasteiger partial charge in [0.1, 0.15) is 5.01 Å². The Hall–Kier alpha value is -1.68. The van der Waals surface area contributed by atoms with Crippen LogP contribution in [0.25, 0.3) is 0 Å². The standard InChI is InChI=1S/C16H20N2OS/c1-12(2)10-14(16-17-8-9-20-16)18-15(19)11-13-6-4-3-5-7-13/h3-9,12,14H,10-11H2,1-2H3,(H,18,19). The van der Waals surface area contributed by atoms with Gasteiger partial charge in [0.05, 0.1) is 12.5 Å². The lowest BCUT2D eigenvalue weighted by atomic mass is 10.0. The fourth-order valence-corrected chi connectivity index (χ4v) is 2.83. The first-order chi connectivity index (χ1) is 9.65. The largest absolute Gasteiger partial charge is 0.347 e. The van der Waals surface area contributed by atoms with Gasteiger partial charge in [-0.1, -0.05) is 44.2 Å². The van der Waals surface area contributed by atoms with Gasteiger partial charge in [-0.3, -0.25) is 4.79 Å². The van der Waals surface area contributed by atoms with E-state index in [9.17, 15) is 4.79 Å². The number of carbonyl (C=O) groups excluding carboxylic acids is 1. The average Bonchev–Trinajstić information content (AvgIpc) is 2.92. The van der Waals surface area contributed by atoms with Crippen LogP contribution in [0.4, 0.5) is 0 Å². The molecule has 20 heavy (non-hydrogen) atoms. The van der Waals surface area contributed by atoms with Crippen molar-refractivity contribution in [1.82, 2.24) is 10.3 Å². The minimum absolute atomic E-state index is 0.0196. The Balaban J connectivity index is 1.99. The minimum atomic E-state index is 0.0196. The summed E-state index contributed by atoms with van der Waals surface area (Å²) >= 11 is 1.60. The number of hydrogen-bond acceptors (Lipinski definition) is 3. The molecule has 0 spiro atoms. The molecule has 0 aliphatic heterocycles. The minimum Gasteiger partial charge on any atom is -0.347 e. The Morgan fingerprint density at radius 2 is 2.05 bits per heavy atom. The fourth-order valence-electron chi connectivity index (χ4n) is 2.13. The summed E-state index contributed by atoms with van der Waals surface area (Å²) in [6, 6.07) is 9.83. The lowest BCUT2D eigenvalue weighted by molar-refractivity contribution is -0.121. The second-order valence-electron chi connectivity index (χ2n) is 5.28. The lowest BCUT2D eigenvalue weighted by Gasteiger charge is -2.18. The number of amides is 1. The van der Waals surface area contributed by atoms with Gasteiger partial charge in [-0.25, -0.2) is 4.98 Å². The smallest absolute Gasteiger partial charge is 0.224 e. The van der Waals surface area contributed by atoms with Gasteiger partial charge in [0, 0.05) is 11.6 Å². The fraction of sp³-hybridized carbons (Fsp3) is 0.375. The van der Waals surface area contributed by atoms with Gasteiger partial charge < -0.3 is 5.32 Å². The molecule has 0 aliphatic rings. The van der Waals surface area contributed by atoms with E-state index in [4.69, 9.17) is 0 Å². The molecule has 1 amide bonds. The topological polar surface area (TPSA) is 42.0 Å². The van der Waals surface area contributed by atoms with E-state index in [0.29, 0.717) is 12.3 Å². The summed E-state index contributed by atoms with van der Waals surface area (Å²) in [5, 5.41) is 6.04. The number of nitrogens with zero attached hydrogens (tertiary/aromatic N) is 1. The molecule has 2 rings (SSSR count). The number of aromatic nitrogens is 1. The molecular formula is C16H20N2OS. The molecule has 1 N–H and O–H groups in total. The number of thiazole rings is 1. The van der Waals surface area contributed by atoms with Crippen LogP contribution in [0, 0.1) is 5.92 Å². The van der Waals surface area contributed by atoms with E-state index in [2.05, 4.69) is 24.1 Å². The SMILES string of the molecule is CC(C)CC(NC(=O)Cc1ccccc1)c1nccs1. The Morgan fingerprint density at radius 3 is 2.65 bits per heavy atom. The molecule has 0 saturated heterocycles. The van der Waals surface area contributed by atoms with Crippen molar-refractivity contribution in [3.05, 3.63) is 52.5 Å². The maximum absolute atomic E-state index is 12.2. The normalized spacial score (nSPS) is 12.3. The highest BCUT2D eigenvalue weighted by Gasteiger charge is 2.18. The summed E-state index contributed by atoms with van der Waals surface area (Å²) in [5.74, 6) is 0.568.